The number of rotatable bonds is 1. The van der Waals surface area contributed by atoms with Crippen molar-refractivity contribution in [2.75, 3.05) is 6.54 Å². The van der Waals surface area contributed by atoms with Crippen LogP contribution in [-0.4, -0.2) is 17.9 Å². The Balaban J connectivity index is 0.000000640. The average molecular weight is 150 g/mol. The van der Waals surface area contributed by atoms with Crippen molar-refractivity contribution in [3.8, 4) is 0 Å². The summed E-state index contributed by atoms with van der Waals surface area (Å²) in [7, 11) is 0. The highest BCUT2D eigenvalue weighted by Crippen LogP contribution is 2.17. The van der Waals surface area contributed by atoms with E-state index < -0.39 is 0 Å². The lowest BCUT2D eigenvalue weighted by atomic mass is 9.87. The third-order valence-electron chi connectivity index (χ3n) is 1.92. The first-order valence-electron chi connectivity index (χ1n) is 2.91. The van der Waals surface area contributed by atoms with Gasteiger partial charge in [0.2, 0.25) is 0 Å². The van der Waals surface area contributed by atoms with Crippen LogP contribution >= 0.6 is 12.4 Å². The second-order valence-corrected chi connectivity index (χ2v) is 2.57. The molecule has 1 saturated heterocycles. The van der Waals surface area contributed by atoms with Crippen LogP contribution in [0.1, 0.15) is 20.3 Å². The molecule has 1 N–H and O–H groups in total. The molecule has 0 saturated carbocycles. The van der Waals surface area contributed by atoms with Crippen LogP contribution in [0.5, 0.6) is 0 Å². The molecule has 54 valence electrons. The Morgan fingerprint density at radius 2 is 2.11 bits per heavy atom. The second kappa shape index (κ2) is 2.67. The number of halogens is 1. The van der Waals surface area contributed by atoms with Gasteiger partial charge < -0.3 is 5.32 Å². The lowest BCUT2D eigenvalue weighted by Crippen LogP contribution is -2.59. The van der Waals surface area contributed by atoms with Crippen LogP contribution in [0.4, 0.5) is 0 Å². The summed E-state index contributed by atoms with van der Waals surface area (Å²) in [4.78, 5) is 10.7. The summed E-state index contributed by atoms with van der Waals surface area (Å²) in [5, 5.41) is 3.07. The molecule has 1 aliphatic rings. The molecule has 1 rings (SSSR count). The van der Waals surface area contributed by atoms with Gasteiger partial charge in [-0.25, -0.2) is 0 Å². The SMILES string of the molecule is CC(=O)C1(C)CCN1.Cl. The van der Waals surface area contributed by atoms with Crippen molar-refractivity contribution in [2.24, 2.45) is 0 Å². The molecule has 0 spiro atoms. The van der Waals surface area contributed by atoms with Crippen LogP contribution in [0.15, 0.2) is 0 Å². The smallest absolute Gasteiger partial charge is 0.149 e. The van der Waals surface area contributed by atoms with E-state index in [1.165, 1.54) is 0 Å². The molecule has 0 aromatic rings. The maximum atomic E-state index is 10.7. The van der Waals surface area contributed by atoms with Gasteiger partial charge in [0.1, 0.15) is 5.78 Å². The number of carbonyl (C=O) groups is 1. The fourth-order valence-electron chi connectivity index (χ4n) is 0.801. The Morgan fingerprint density at radius 3 is 2.11 bits per heavy atom. The van der Waals surface area contributed by atoms with Crippen molar-refractivity contribution in [1.82, 2.24) is 5.32 Å². The Hall–Kier alpha value is -0.0800. The van der Waals surface area contributed by atoms with Gasteiger partial charge in [0.05, 0.1) is 5.54 Å². The van der Waals surface area contributed by atoms with Crippen LogP contribution < -0.4 is 5.32 Å². The summed E-state index contributed by atoms with van der Waals surface area (Å²) in [6, 6.07) is 0. The van der Waals surface area contributed by atoms with Gasteiger partial charge in [0.15, 0.2) is 0 Å². The summed E-state index contributed by atoms with van der Waals surface area (Å²) < 4.78 is 0. The minimum atomic E-state index is -0.167. The van der Waals surface area contributed by atoms with Crippen molar-refractivity contribution in [2.45, 2.75) is 25.8 Å². The number of hydrogen-bond acceptors (Lipinski definition) is 2. The predicted molar refractivity (Wildman–Crippen MR) is 39.0 cm³/mol. The lowest BCUT2D eigenvalue weighted by Gasteiger charge is -2.37. The first-order chi connectivity index (χ1) is 3.65. The van der Waals surface area contributed by atoms with Gasteiger partial charge >= 0.3 is 0 Å². The van der Waals surface area contributed by atoms with Crippen molar-refractivity contribution in [1.29, 1.82) is 0 Å². The number of Topliss-reactive ketones (excluding diaryl/α,β-unsaturated/α-hetero) is 1. The van der Waals surface area contributed by atoms with Gasteiger partial charge in [-0.3, -0.25) is 4.79 Å². The summed E-state index contributed by atoms with van der Waals surface area (Å²) in [5.41, 5.74) is -0.167. The van der Waals surface area contributed by atoms with E-state index in [9.17, 15) is 4.79 Å². The van der Waals surface area contributed by atoms with E-state index in [0.717, 1.165) is 13.0 Å². The maximum Gasteiger partial charge on any atom is 0.149 e. The monoisotopic (exact) mass is 149 g/mol. The maximum absolute atomic E-state index is 10.7. The largest absolute Gasteiger partial charge is 0.305 e. The minimum Gasteiger partial charge on any atom is -0.305 e. The number of carbonyl (C=O) groups excluding carboxylic acids is 1. The molecule has 0 bridgehead atoms. The summed E-state index contributed by atoms with van der Waals surface area (Å²) in [5.74, 6) is 0.253. The third-order valence-corrected chi connectivity index (χ3v) is 1.92. The molecule has 1 aliphatic heterocycles. The van der Waals surface area contributed by atoms with E-state index in [2.05, 4.69) is 5.32 Å². The van der Waals surface area contributed by atoms with E-state index in [0.29, 0.717) is 0 Å². The van der Waals surface area contributed by atoms with Crippen LogP contribution in [0.3, 0.4) is 0 Å². The Morgan fingerprint density at radius 1 is 1.67 bits per heavy atom. The summed E-state index contributed by atoms with van der Waals surface area (Å²) in [6.45, 7) is 4.57. The standard InChI is InChI=1S/C6H11NO.ClH/c1-5(8)6(2)3-4-7-6;/h7H,3-4H2,1-2H3;1H. The molecule has 1 heterocycles. The Kier molecular flexibility index (Phi) is 2.65. The number of hydrogen-bond donors (Lipinski definition) is 1. The first kappa shape index (κ1) is 8.92. The van der Waals surface area contributed by atoms with Crippen molar-refractivity contribution >= 4 is 18.2 Å². The van der Waals surface area contributed by atoms with E-state index in [1.54, 1.807) is 6.92 Å². The zero-order valence-electron chi connectivity index (χ0n) is 5.73. The van der Waals surface area contributed by atoms with Crippen molar-refractivity contribution in [3.63, 3.8) is 0 Å². The zero-order valence-corrected chi connectivity index (χ0v) is 6.55. The van der Waals surface area contributed by atoms with E-state index >= 15 is 0 Å². The van der Waals surface area contributed by atoms with Gasteiger partial charge in [0.25, 0.3) is 0 Å². The molecule has 1 unspecified atom stereocenters. The molecule has 1 atom stereocenters. The van der Waals surface area contributed by atoms with Gasteiger partial charge in [-0.15, -0.1) is 12.4 Å². The highest BCUT2D eigenvalue weighted by molar-refractivity contribution is 5.86. The highest BCUT2D eigenvalue weighted by Gasteiger charge is 2.35. The van der Waals surface area contributed by atoms with Gasteiger partial charge in [-0.1, -0.05) is 0 Å². The van der Waals surface area contributed by atoms with Gasteiger partial charge in [-0.2, -0.15) is 0 Å². The van der Waals surface area contributed by atoms with Gasteiger partial charge in [0, 0.05) is 0 Å². The number of nitrogens with one attached hydrogen (secondary N) is 1. The van der Waals surface area contributed by atoms with E-state index in [-0.39, 0.29) is 23.7 Å². The topological polar surface area (TPSA) is 29.1 Å². The molecule has 3 heteroatoms. The van der Waals surface area contributed by atoms with Gasteiger partial charge in [-0.05, 0) is 26.8 Å². The summed E-state index contributed by atoms with van der Waals surface area (Å²) in [6.07, 6.45) is 1.00. The first-order valence-corrected chi connectivity index (χ1v) is 2.91. The number of ketones is 1. The molecule has 0 aromatic carbocycles. The normalized spacial score (nSPS) is 32.2. The molecule has 2 nitrogen and oxygen atoms in total. The van der Waals surface area contributed by atoms with Crippen LogP contribution in [0, 0.1) is 0 Å². The molecular weight excluding hydrogens is 138 g/mol. The molecule has 0 radical (unpaired) electrons. The van der Waals surface area contributed by atoms with Crippen LogP contribution in [-0.2, 0) is 4.79 Å². The second-order valence-electron chi connectivity index (χ2n) is 2.57. The molecule has 1 fully saturated rings. The molecule has 0 aromatic heterocycles. The Bertz CT molecular complexity index is 120. The fourth-order valence-corrected chi connectivity index (χ4v) is 0.801. The van der Waals surface area contributed by atoms with Crippen LogP contribution in [0.2, 0.25) is 0 Å². The van der Waals surface area contributed by atoms with Crippen molar-refractivity contribution in [3.05, 3.63) is 0 Å². The van der Waals surface area contributed by atoms with E-state index in [1.807, 2.05) is 6.92 Å². The molecule has 0 amide bonds. The summed E-state index contributed by atoms with van der Waals surface area (Å²) >= 11 is 0. The van der Waals surface area contributed by atoms with Crippen LogP contribution in [0.25, 0.3) is 0 Å². The molecule has 0 aliphatic carbocycles. The highest BCUT2D eigenvalue weighted by atomic mass is 35.5. The predicted octanol–water partition coefficient (Wildman–Crippen LogP) is 0.749. The minimum absolute atomic E-state index is 0. The quantitative estimate of drug-likeness (QED) is 0.596. The Labute approximate surface area is 61.4 Å². The zero-order chi connectivity index (χ0) is 6.20. The molecular formula is C6H12ClNO. The third kappa shape index (κ3) is 1.43. The average Bonchev–Trinajstić information content (AvgIpc) is 1.60. The molecule has 9 heavy (non-hydrogen) atoms. The van der Waals surface area contributed by atoms with E-state index in [4.69, 9.17) is 0 Å². The lowest BCUT2D eigenvalue weighted by molar-refractivity contribution is -0.125. The van der Waals surface area contributed by atoms with Crippen molar-refractivity contribution < 1.29 is 4.79 Å². The fraction of sp³-hybridized carbons (Fsp3) is 0.833.